The molecule has 0 unspecified atom stereocenters. The van der Waals surface area contributed by atoms with Crippen LogP contribution in [0.3, 0.4) is 0 Å². The van der Waals surface area contributed by atoms with Crippen LogP contribution in [0.25, 0.3) is 22.6 Å². The van der Waals surface area contributed by atoms with Gasteiger partial charge in [-0.3, -0.25) is 4.79 Å². The normalized spacial score (nSPS) is 10.8. The molecule has 1 aromatic heterocycles. The maximum Gasteiger partial charge on any atom is 0.256 e. The zero-order valence-electron chi connectivity index (χ0n) is 14.0. The number of fused-ring (bicyclic) bond motifs is 1. The van der Waals surface area contributed by atoms with E-state index in [0.29, 0.717) is 28.2 Å². The summed E-state index contributed by atoms with van der Waals surface area (Å²) in [6.45, 7) is 2.02. The molecule has 0 spiro atoms. The minimum atomic E-state index is -0.181. The summed E-state index contributed by atoms with van der Waals surface area (Å²) < 4.78 is 6.62. The highest BCUT2D eigenvalue weighted by Crippen LogP contribution is 2.28. The average Bonchev–Trinajstić information content (AvgIpc) is 3.05. The van der Waals surface area contributed by atoms with Crippen molar-refractivity contribution >= 4 is 38.6 Å². The molecule has 1 amide bonds. The van der Waals surface area contributed by atoms with Crippen molar-refractivity contribution in [3.05, 3.63) is 82.3 Å². The van der Waals surface area contributed by atoms with Crippen LogP contribution in [0.1, 0.15) is 15.9 Å². The fourth-order valence-electron chi connectivity index (χ4n) is 2.78. The van der Waals surface area contributed by atoms with Crippen LogP contribution in [0.15, 0.2) is 75.6 Å². The second-order valence-electron chi connectivity index (χ2n) is 5.95. The molecule has 0 saturated carbocycles. The molecule has 5 heteroatoms. The molecule has 4 nitrogen and oxygen atoms in total. The lowest BCUT2D eigenvalue weighted by Gasteiger charge is -2.06. The lowest BCUT2D eigenvalue weighted by atomic mass is 10.1. The molecule has 26 heavy (non-hydrogen) atoms. The van der Waals surface area contributed by atoms with Gasteiger partial charge in [0, 0.05) is 15.7 Å². The molecular formula is C21H15BrN2O2. The number of benzene rings is 3. The SMILES string of the molecule is Cc1ccccc1-c1nc2cc(NC(=O)c3ccccc3Br)ccc2o1. The van der Waals surface area contributed by atoms with Gasteiger partial charge in [-0.2, -0.15) is 0 Å². The number of halogens is 1. The van der Waals surface area contributed by atoms with Gasteiger partial charge in [-0.05, 0) is 64.8 Å². The maximum atomic E-state index is 12.5. The fraction of sp³-hybridized carbons (Fsp3) is 0.0476. The zero-order valence-corrected chi connectivity index (χ0v) is 15.6. The predicted molar refractivity (Wildman–Crippen MR) is 106 cm³/mol. The highest BCUT2D eigenvalue weighted by Gasteiger charge is 2.13. The van der Waals surface area contributed by atoms with Gasteiger partial charge in [-0.15, -0.1) is 0 Å². The molecule has 128 valence electrons. The molecule has 0 aliphatic rings. The summed E-state index contributed by atoms with van der Waals surface area (Å²) in [5.74, 6) is 0.395. The molecule has 0 atom stereocenters. The largest absolute Gasteiger partial charge is 0.436 e. The van der Waals surface area contributed by atoms with Crippen LogP contribution in [0.4, 0.5) is 5.69 Å². The Kier molecular flexibility index (Phi) is 4.31. The molecule has 1 heterocycles. The minimum Gasteiger partial charge on any atom is -0.436 e. The molecule has 3 aromatic carbocycles. The summed E-state index contributed by atoms with van der Waals surface area (Å²) >= 11 is 3.40. The number of amides is 1. The van der Waals surface area contributed by atoms with Gasteiger partial charge in [0.15, 0.2) is 5.58 Å². The summed E-state index contributed by atoms with van der Waals surface area (Å²) in [5, 5.41) is 2.90. The summed E-state index contributed by atoms with van der Waals surface area (Å²) in [4.78, 5) is 17.0. The van der Waals surface area contributed by atoms with Gasteiger partial charge in [0.25, 0.3) is 5.91 Å². The molecule has 0 saturated heterocycles. The first-order chi connectivity index (χ1) is 12.6. The van der Waals surface area contributed by atoms with E-state index in [1.54, 1.807) is 6.07 Å². The van der Waals surface area contributed by atoms with Crippen LogP contribution >= 0.6 is 15.9 Å². The zero-order chi connectivity index (χ0) is 18.1. The Hall–Kier alpha value is -2.92. The number of carbonyl (C=O) groups is 1. The smallest absolute Gasteiger partial charge is 0.256 e. The Balaban J connectivity index is 1.65. The van der Waals surface area contributed by atoms with E-state index in [1.807, 2.05) is 67.6 Å². The number of nitrogens with zero attached hydrogens (tertiary/aromatic N) is 1. The summed E-state index contributed by atoms with van der Waals surface area (Å²) in [7, 11) is 0. The first-order valence-corrected chi connectivity index (χ1v) is 8.93. The molecule has 0 aliphatic heterocycles. The number of hydrogen-bond donors (Lipinski definition) is 1. The third kappa shape index (κ3) is 3.13. The number of carbonyl (C=O) groups excluding carboxylic acids is 1. The highest BCUT2D eigenvalue weighted by molar-refractivity contribution is 9.10. The van der Waals surface area contributed by atoms with Crippen molar-refractivity contribution in [1.82, 2.24) is 4.98 Å². The van der Waals surface area contributed by atoms with E-state index in [9.17, 15) is 4.79 Å². The van der Waals surface area contributed by atoms with Crippen LogP contribution < -0.4 is 5.32 Å². The van der Waals surface area contributed by atoms with Gasteiger partial charge in [0.2, 0.25) is 5.89 Å². The molecular weight excluding hydrogens is 392 g/mol. The van der Waals surface area contributed by atoms with E-state index >= 15 is 0 Å². The number of aromatic nitrogens is 1. The van der Waals surface area contributed by atoms with Gasteiger partial charge < -0.3 is 9.73 Å². The Morgan fingerprint density at radius 2 is 1.81 bits per heavy atom. The van der Waals surface area contributed by atoms with Crippen molar-refractivity contribution < 1.29 is 9.21 Å². The van der Waals surface area contributed by atoms with Crippen molar-refractivity contribution in [2.24, 2.45) is 0 Å². The van der Waals surface area contributed by atoms with Crippen LogP contribution in [-0.2, 0) is 0 Å². The Bertz CT molecular complexity index is 1120. The summed E-state index contributed by atoms with van der Waals surface area (Å²) in [5.41, 5.74) is 4.69. The molecule has 0 fully saturated rings. The molecule has 4 rings (SSSR count). The molecule has 0 bridgehead atoms. The van der Waals surface area contributed by atoms with Crippen LogP contribution in [0.5, 0.6) is 0 Å². The van der Waals surface area contributed by atoms with Gasteiger partial charge in [-0.1, -0.05) is 30.3 Å². The highest BCUT2D eigenvalue weighted by atomic mass is 79.9. The van der Waals surface area contributed by atoms with Crippen molar-refractivity contribution in [3.63, 3.8) is 0 Å². The van der Waals surface area contributed by atoms with E-state index < -0.39 is 0 Å². The number of nitrogens with one attached hydrogen (secondary N) is 1. The van der Waals surface area contributed by atoms with E-state index in [-0.39, 0.29) is 5.91 Å². The standard InChI is InChI=1S/C21H15BrN2O2/c1-13-6-2-3-7-15(13)21-24-18-12-14(10-11-19(18)26-21)23-20(25)16-8-4-5-9-17(16)22/h2-12H,1H3,(H,23,25). The first-order valence-electron chi connectivity index (χ1n) is 8.14. The van der Waals surface area contributed by atoms with Gasteiger partial charge in [0.05, 0.1) is 5.56 Å². The number of aryl methyl sites for hydroxylation is 1. The van der Waals surface area contributed by atoms with Crippen LogP contribution in [0.2, 0.25) is 0 Å². The van der Waals surface area contributed by atoms with Crippen LogP contribution in [0, 0.1) is 6.92 Å². The van der Waals surface area contributed by atoms with E-state index in [0.717, 1.165) is 15.6 Å². The predicted octanol–water partition coefficient (Wildman–Crippen LogP) is 5.82. The second kappa shape index (κ2) is 6.77. The number of anilines is 1. The van der Waals surface area contributed by atoms with Gasteiger partial charge in [0.1, 0.15) is 5.52 Å². The van der Waals surface area contributed by atoms with E-state index in [1.165, 1.54) is 0 Å². The van der Waals surface area contributed by atoms with E-state index in [2.05, 4.69) is 26.2 Å². The Morgan fingerprint density at radius 3 is 2.62 bits per heavy atom. The van der Waals surface area contributed by atoms with Crippen LogP contribution in [-0.4, -0.2) is 10.9 Å². The molecule has 0 aliphatic carbocycles. The monoisotopic (exact) mass is 406 g/mol. The van der Waals surface area contributed by atoms with Crippen molar-refractivity contribution in [3.8, 4) is 11.5 Å². The molecule has 1 N–H and O–H groups in total. The van der Waals surface area contributed by atoms with Gasteiger partial charge in [-0.25, -0.2) is 4.98 Å². The topological polar surface area (TPSA) is 55.1 Å². The summed E-state index contributed by atoms with van der Waals surface area (Å²) in [6.07, 6.45) is 0. The fourth-order valence-corrected chi connectivity index (χ4v) is 3.24. The van der Waals surface area contributed by atoms with Crippen molar-refractivity contribution in [1.29, 1.82) is 0 Å². The molecule has 0 radical (unpaired) electrons. The summed E-state index contributed by atoms with van der Waals surface area (Å²) in [6, 6.07) is 20.7. The average molecular weight is 407 g/mol. The van der Waals surface area contributed by atoms with Crippen molar-refractivity contribution in [2.45, 2.75) is 6.92 Å². The first kappa shape index (κ1) is 16.5. The number of rotatable bonds is 3. The lowest BCUT2D eigenvalue weighted by Crippen LogP contribution is -2.12. The Labute approximate surface area is 159 Å². The Morgan fingerprint density at radius 1 is 1.04 bits per heavy atom. The number of hydrogen-bond acceptors (Lipinski definition) is 3. The second-order valence-corrected chi connectivity index (χ2v) is 6.80. The lowest BCUT2D eigenvalue weighted by molar-refractivity contribution is 0.102. The third-order valence-electron chi connectivity index (χ3n) is 4.14. The number of oxazole rings is 1. The quantitative estimate of drug-likeness (QED) is 0.466. The van der Waals surface area contributed by atoms with E-state index in [4.69, 9.17) is 4.42 Å². The molecule has 4 aromatic rings. The van der Waals surface area contributed by atoms with Gasteiger partial charge >= 0.3 is 0 Å². The third-order valence-corrected chi connectivity index (χ3v) is 4.83. The maximum absolute atomic E-state index is 12.5. The van der Waals surface area contributed by atoms with Crippen molar-refractivity contribution in [2.75, 3.05) is 5.32 Å². The minimum absolute atomic E-state index is 0.181.